The first-order valence-electron chi connectivity index (χ1n) is 9.89. The highest BCUT2D eigenvalue weighted by atomic mass is 16.6. The van der Waals surface area contributed by atoms with Crippen LogP contribution in [0.4, 0.5) is 4.79 Å². The lowest BCUT2D eigenvalue weighted by atomic mass is 9.78. The Bertz CT molecular complexity index is 570. The van der Waals surface area contributed by atoms with Gasteiger partial charge in [-0.15, -0.1) is 0 Å². The molecule has 1 fully saturated rings. The lowest BCUT2D eigenvalue weighted by Gasteiger charge is -2.39. The molecule has 1 aliphatic carbocycles. The number of amides is 1. The Kier molecular flexibility index (Phi) is 7.98. The first-order valence-corrected chi connectivity index (χ1v) is 9.89. The van der Waals surface area contributed by atoms with Gasteiger partial charge in [0.1, 0.15) is 18.5 Å². The van der Waals surface area contributed by atoms with Gasteiger partial charge >= 0.3 is 6.09 Å². The van der Waals surface area contributed by atoms with E-state index < -0.39 is 18.3 Å². The number of rotatable bonds is 8. The predicted molar refractivity (Wildman–Crippen MR) is 104 cm³/mol. The van der Waals surface area contributed by atoms with E-state index in [9.17, 15) is 9.90 Å². The summed E-state index contributed by atoms with van der Waals surface area (Å²) in [5.41, 5.74) is 5.98. The lowest BCUT2D eigenvalue weighted by Crippen LogP contribution is -2.54. The first kappa shape index (κ1) is 21.6. The van der Waals surface area contributed by atoms with Gasteiger partial charge in [0.05, 0.1) is 0 Å². The minimum atomic E-state index is -0.857. The van der Waals surface area contributed by atoms with Crippen molar-refractivity contribution in [1.29, 1.82) is 0 Å². The largest absolute Gasteiger partial charge is 0.444 e. The summed E-state index contributed by atoms with van der Waals surface area (Å²) in [7, 11) is 0. The summed E-state index contributed by atoms with van der Waals surface area (Å²) in [6, 6.07) is -0.286. The van der Waals surface area contributed by atoms with Crippen LogP contribution in [0.15, 0.2) is 18.7 Å². The minimum Gasteiger partial charge on any atom is -0.444 e. The van der Waals surface area contributed by atoms with Gasteiger partial charge < -0.3 is 20.9 Å². The molecule has 1 aromatic heterocycles. The summed E-state index contributed by atoms with van der Waals surface area (Å²) in [5.74, 6) is 0.459. The molecule has 4 N–H and O–H groups in total. The third kappa shape index (κ3) is 7.07. The molecule has 0 aromatic carbocycles. The molecule has 27 heavy (non-hydrogen) atoms. The van der Waals surface area contributed by atoms with E-state index >= 15 is 0 Å². The van der Waals surface area contributed by atoms with Crippen LogP contribution in [0, 0.1) is 11.3 Å². The van der Waals surface area contributed by atoms with E-state index in [1.165, 1.54) is 25.6 Å². The summed E-state index contributed by atoms with van der Waals surface area (Å²) in [6.45, 7) is 6.68. The van der Waals surface area contributed by atoms with Gasteiger partial charge in [-0.3, -0.25) is 0 Å². The van der Waals surface area contributed by atoms with Gasteiger partial charge in [-0.25, -0.2) is 14.8 Å². The Hall–Kier alpha value is -1.73. The molecule has 0 saturated heterocycles. The van der Waals surface area contributed by atoms with E-state index in [-0.39, 0.29) is 11.5 Å². The Balaban J connectivity index is 2.09. The van der Waals surface area contributed by atoms with Gasteiger partial charge in [0.2, 0.25) is 0 Å². The predicted octanol–water partition coefficient (Wildman–Crippen LogP) is 2.78. The van der Waals surface area contributed by atoms with Crippen LogP contribution in [0.25, 0.3) is 0 Å². The number of aliphatic hydroxyl groups excluding tert-OH is 1. The number of carbonyl (C=O) groups is 1. The van der Waals surface area contributed by atoms with Crippen molar-refractivity contribution in [2.45, 2.75) is 84.1 Å². The van der Waals surface area contributed by atoms with Crippen LogP contribution in [0.1, 0.15) is 64.9 Å². The Morgan fingerprint density at radius 2 is 1.93 bits per heavy atom. The number of ether oxygens (including phenoxy) is 1. The van der Waals surface area contributed by atoms with Gasteiger partial charge in [0.25, 0.3) is 0 Å². The van der Waals surface area contributed by atoms with Gasteiger partial charge in [0.15, 0.2) is 0 Å². The Morgan fingerprint density at radius 1 is 1.30 bits per heavy atom. The van der Waals surface area contributed by atoms with Gasteiger partial charge in [-0.2, -0.15) is 0 Å². The number of carbonyl (C=O) groups excluding carboxylic acids is 1. The van der Waals surface area contributed by atoms with Crippen LogP contribution >= 0.6 is 0 Å². The zero-order chi connectivity index (χ0) is 19.9. The number of primary amides is 1. The van der Waals surface area contributed by atoms with Crippen LogP contribution in [0.3, 0.4) is 0 Å². The monoisotopic (exact) mass is 378 g/mol. The van der Waals surface area contributed by atoms with Crippen LogP contribution in [-0.2, 0) is 11.3 Å². The van der Waals surface area contributed by atoms with Crippen LogP contribution in [0.2, 0.25) is 0 Å². The first-order chi connectivity index (χ1) is 12.8. The number of nitrogens with zero attached hydrogens (tertiary/aromatic N) is 2. The van der Waals surface area contributed by atoms with Crippen molar-refractivity contribution in [2.24, 2.45) is 17.1 Å². The van der Waals surface area contributed by atoms with Gasteiger partial charge in [0, 0.05) is 30.5 Å². The normalized spacial score (nSPS) is 19.3. The smallest absolute Gasteiger partial charge is 0.404 e. The maximum Gasteiger partial charge on any atom is 0.404 e. The number of hydrogen-bond donors (Lipinski definition) is 3. The molecule has 1 saturated carbocycles. The molecule has 0 aliphatic heterocycles. The van der Waals surface area contributed by atoms with Crippen molar-refractivity contribution in [3.8, 4) is 0 Å². The molecule has 0 spiro atoms. The SMILES string of the molecule is CC(C)(C)C(NCc1cncnc1)[C@@H](O)[C@H](CC1CCCCC1)OC(N)=O. The highest BCUT2D eigenvalue weighted by molar-refractivity contribution is 5.64. The Morgan fingerprint density at radius 3 is 2.48 bits per heavy atom. The molecule has 7 heteroatoms. The molecule has 1 aromatic rings. The van der Waals surface area contributed by atoms with E-state index in [0.29, 0.717) is 18.9 Å². The second-order valence-corrected chi connectivity index (χ2v) is 8.68. The second-order valence-electron chi connectivity index (χ2n) is 8.68. The van der Waals surface area contributed by atoms with Crippen molar-refractivity contribution < 1.29 is 14.6 Å². The third-order valence-corrected chi connectivity index (χ3v) is 5.35. The number of nitrogens with two attached hydrogens (primary N) is 1. The summed E-state index contributed by atoms with van der Waals surface area (Å²) < 4.78 is 5.37. The van der Waals surface area contributed by atoms with Crippen molar-refractivity contribution in [1.82, 2.24) is 15.3 Å². The Labute approximate surface area is 162 Å². The molecular weight excluding hydrogens is 344 g/mol. The third-order valence-electron chi connectivity index (χ3n) is 5.35. The van der Waals surface area contributed by atoms with Crippen molar-refractivity contribution >= 4 is 6.09 Å². The van der Waals surface area contributed by atoms with Crippen molar-refractivity contribution in [2.75, 3.05) is 0 Å². The molecule has 1 unspecified atom stereocenters. The molecular formula is C20H34N4O3. The average molecular weight is 379 g/mol. The van der Waals surface area contributed by atoms with E-state index in [1.54, 1.807) is 12.4 Å². The van der Waals surface area contributed by atoms with Crippen LogP contribution < -0.4 is 11.1 Å². The lowest BCUT2D eigenvalue weighted by molar-refractivity contribution is -0.0471. The molecule has 1 amide bonds. The molecule has 1 heterocycles. The fourth-order valence-corrected chi connectivity index (χ4v) is 3.96. The average Bonchev–Trinajstić information content (AvgIpc) is 2.61. The topological polar surface area (TPSA) is 110 Å². The zero-order valence-corrected chi connectivity index (χ0v) is 16.7. The van der Waals surface area contributed by atoms with Crippen molar-refractivity contribution in [3.05, 3.63) is 24.3 Å². The molecule has 152 valence electrons. The molecule has 7 nitrogen and oxygen atoms in total. The second kappa shape index (κ2) is 9.99. The number of hydrogen-bond acceptors (Lipinski definition) is 6. The summed E-state index contributed by atoms with van der Waals surface area (Å²) in [4.78, 5) is 19.5. The summed E-state index contributed by atoms with van der Waals surface area (Å²) in [5, 5.41) is 14.5. The van der Waals surface area contributed by atoms with E-state index in [0.717, 1.165) is 18.4 Å². The standard InChI is InChI=1S/C20H34N4O3/c1-20(2,3)18(24-12-15-10-22-13-23-11-15)17(25)16(27-19(21)26)9-14-7-5-4-6-8-14/h10-11,13-14,16-18,24-25H,4-9,12H2,1-3H3,(H2,21,26)/t16-,17-,18?/m0/s1. The van der Waals surface area contributed by atoms with E-state index in [1.807, 2.05) is 0 Å². The van der Waals surface area contributed by atoms with Gasteiger partial charge in [-0.05, 0) is 17.8 Å². The fraction of sp³-hybridized carbons (Fsp3) is 0.750. The highest BCUT2D eigenvalue weighted by Gasteiger charge is 2.38. The van der Waals surface area contributed by atoms with Gasteiger partial charge in [-0.1, -0.05) is 52.9 Å². The van der Waals surface area contributed by atoms with E-state index in [4.69, 9.17) is 10.5 Å². The van der Waals surface area contributed by atoms with Crippen molar-refractivity contribution in [3.63, 3.8) is 0 Å². The fourth-order valence-electron chi connectivity index (χ4n) is 3.96. The molecule has 1 aliphatic rings. The maximum absolute atomic E-state index is 11.5. The quantitative estimate of drug-likeness (QED) is 0.641. The van der Waals surface area contributed by atoms with Crippen LogP contribution in [-0.4, -0.2) is 39.4 Å². The maximum atomic E-state index is 11.5. The molecule has 0 radical (unpaired) electrons. The number of nitrogens with one attached hydrogen (secondary N) is 1. The minimum absolute atomic E-state index is 0.249. The summed E-state index contributed by atoms with van der Waals surface area (Å²) >= 11 is 0. The zero-order valence-electron chi connectivity index (χ0n) is 16.7. The molecule has 3 atom stereocenters. The highest BCUT2D eigenvalue weighted by Crippen LogP contribution is 2.32. The van der Waals surface area contributed by atoms with E-state index in [2.05, 4.69) is 36.1 Å². The molecule has 0 bridgehead atoms. The summed E-state index contributed by atoms with van der Waals surface area (Å²) in [6.07, 6.45) is 9.17. The molecule has 2 rings (SSSR count). The number of aliphatic hydroxyl groups is 1. The van der Waals surface area contributed by atoms with Crippen LogP contribution in [0.5, 0.6) is 0 Å². The number of aromatic nitrogens is 2.